The molecular formula is C24H24N6O3. The third-order valence-electron chi connectivity index (χ3n) is 5.43. The molecule has 2 aromatic carbocycles. The minimum absolute atomic E-state index is 0.0706. The van der Waals surface area contributed by atoms with Crippen LogP contribution in [0.25, 0.3) is 22.3 Å². The maximum absolute atomic E-state index is 12.1. The third kappa shape index (κ3) is 4.49. The van der Waals surface area contributed by atoms with Gasteiger partial charge in [0.05, 0.1) is 13.2 Å². The van der Waals surface area contributed by atoms with E-state index < -0.39 is 0 Å². The number of carbonyl (C=O) groups excluding carboxylic acids is 1. The van der Waals surface area contributed by atoms with Crippen LogP contribution in [-0.2, 0) is 4.74 Å². The van der Waals surface area contributed by atoms with Gasteiger partial charge in [0.25, 0.3) is 5.91 Å². The van der Waals surface area contributed by atoms with Gasteiger partial charge in [-0.25, -0.2) is 0 Å². The Balaban J connectivity index is 1.49. The average molecular weight is 444 g/mol. The van der Waals surface area contributed by atoms with E-state index in [9.17, 15) is 4.79 Å². The van der Waals surface area contributed by atoms with Crippen LogP contribution in [-0.4, -0.2) is 71.1 Å². The van der Waals surface area contributed by atoms with Gasteiger partial charge in [-0.3, -0.25) is 4.79 Å². The van der Waals surface area contributed by atoms with Gasteiger partial charge in [-0.1, -0.05) is 0 Å². The van der Waals surface area contributed by atoms with Gasteiger partial charge in [0.2, 0.25) is 5.95 Å². The highest BCUT2D eigenvalue weighted by Gasteiger charge is 2.19. The number of aromatic nitrogens is 4. The van der Waals surface area contributed by atoms with Crippen molar-refractivity contribution in [3.05, 3.63) is 60.3 Å². The topological polar surface area (TPSA) is 96.5 Å². The Hall–Kier alpha value is -3.98. The number of H-pyrrole nitrogens is 1. The third-order valence-corrected chi connectivity index (χ3v) is 5.43. The van der Waals surface area contributed by atoms with Crippen molar-refractivity contribution < 1.29 is 14.3 Å². The Morgan fingerprint density at radius 1 is 1.03 bits per heavy atom. The lowest BCUT2D eigenvalue weighted by atomic mass is 10.1. The summed E-state index contributed by atoms with van der Waals surface area (Å²) in [5, 5.41) is 1.07. The summed E-state index contributed by atoms with van der Waals surface area (Å²) >= 11 is 0. The van der Waals surface area contributed by atoms with Crippen molar-refractivity contribution in [2.45, 2.75) is 0 Å². The van der Waals surface area contributed by atoms with E-state index in [1.807, 2.05) is 30.5 Å². The molecule has 33 heavy (non-hydrogen) atoms. The second-order valence-electron chi connectivity index (χ2n) is 7.95. The van der Waals surface area contributed by atoms with Gasteiger partial charge in [0, 0.05) is 55.4 Å². The Morgan fingerprint density at radius 2 is 1.82 bits per heavy atom. The monoisotopic (exact) mass is 444 g/mol. The fraction of sp³-hybridized carbons (Fsp3) is 0.250. The van der Waals surface area contributed by atoms with E-state index >= 15 is 0 Å². The lowest BCUT2D eigenvalue weighted by molar-refractivity contribution is 0.0827. The molecular weight excluding hydrogens is 420 g/mol. The molecule has 1 aliphatic rings. The van der Waals surface area contributed by atoms with Crippen LogP contribution >= 0.6 is 0 Å². The number of carbonyl (C=O) groups is 1. The highest BCUT2D eigenvalue weighted by molar-refractivity contribution is 5.94. The summed E-state index contributed by atoms with van der Waals surface area (Å²) < 4.78 is 11.5. The van der Waals surface area contributed by atoms with Crippen LogP contribution in [0.1, 0.15) is 10.4 Å². The van der Waals surface area contributed by atoms with Crippen molar-refractivity contribution in [3.63, 3.8) is 0 Å². The molecule has 2 aromatic heterocycles. The number of hydrogen-bond acceptors (Lipinski definition) is 7. The van der Waals surface area contributed by atoms with Crippen LogP contribution in [0.2, 0.25) is 0 Å². The van der Waals surface area contributed by atoms with E-state index in [-0.39, 0.29) is 11.9 Å². The van der Waals surface area contributed by atoms with E-state index in [0.29, 0.717) is 49.4 Å². The van der Waals surface area contributed by atoms with E-state index in [0.717, 1.165) is 16.5 Å². The molecule has 0 spiro atoms. The SMILES string of the molecule is CN(C)C(=O)c1ccc(Oc2nc(-c3ccc4[nH]ccc4c3)nc(N3CCOCC3)n2)cc1. The summed E-state index contributed by atoms with van der Waals surface area (Å²) in [6, 6.07) is 15.1. The standard InChI is InChI=1S/C24H24N6O3/c1-29(2)22(31)16-3-6-19(7-4-16)33-24-27-21(18-5-8-20-17(15-18)9-10-25-20)26-23(28-24)30-11-13-32-14-12-30/h3-10,15,25H,11-14H2,1-2H3. The highest BCUT2D eigenvalue weighted by Crippen LogP contribution is 2.27. The Kier molecular flexibility index (Phi) is 5.62. The normalized spacial score (nSPS) is 13.8. The minimum atomic E-state index is -0.0706. The summed E-state index contributed by atoms with van der Waals surface area (Å²) in [5.74, 6) is 1.55. The first kappa shape index (κ1) is 20.9. The lowest BCUT2D eigenvalue weighted by Gasteiger charge is -2.27. The van der Waals surface area contributed by atoms with Crippen LogP contribution < -0.4 is 9.64 Å². The van der Waals surface area contributed by atoms with Gasteiger partial charge in [-0.05, 0) is 48.5 Å². The zero-order valence-corrected chi connectivity index (χ0v) is 18.5. The molecule has 168 valence electrons. The van der Waals surface area contributed by atoms with E-state index in [4.69, 9.17) is 14.5 Å². The maximum Gasteiger partial charge on any atom is 0.327 e. The largest absolute Gasteiger partial charge is 0.424 e. The summed E-state index contributed by atoms with van der Waals surface area (Å²) in [7, 11) is 3.44. The van der Waals surface area contributed by atoms with E-state index in [2.05, 4.69) is 19.9 Å². The fourth-order valence-corrected chi connectivity index (χ4v) is 3.65. The molecule has 1 fully saturated rings. The van der Waals surface area contributed by atoms with Gasteiger partial charge in [0.1, 0.15) is 5.75 Å². The number of nitrogens with one attached hydrogen (secondary N) is 1. The summed E-state index contributed by atoms with van der Waals surface area (Å²) in [6.07, 6.45) is 1.90. The number of rotatable bonds is 5. The number of benzene rings is 2. The van der Waals surface area contributed by atoms with Gasteiger partial charge >= 0.3 is 6.01 Å². The molecule has 0 saturated carbocycles. The molecule has 1 aliphatic heterocycles. The molecule has 1 N–H and O–H groups in total. The molecule has 9 heteroatoms. The predicted octanol–water partition coefficient (Wildman–Crippen LogP) is 3.35. The summed E-state index contributed by atoms with van der Waals surface area (Å²) in [5.41, 5.74) is 2.50. The van der Waals surface area contributed by atoms with Gasteiger partial charge in [-0.2, -0.15) is 15.0 Å². The summed E-state index contributed by atoms with van der Waals surface area (Å²) in [4.78, 5) is 32.8. The molecule has 0 aliphatic carbocycles. The second kappa shape index (κ2) is 8.87. The van der Waals surface area contributed by atoms with Crippen LogP contribution in [0.4, 0.5) is 5.95 Å². The number of morpholine rings is 1. The van der Waals surface area contributed by atoms with Crippen molar-refractivity contribution in [3.8, 4) is 23.1 Å². The first-order chi connectivity index (χ1) is 16.1. The molecule has 0 atom stereocenters. The maximum atomic E-state index is 12.1. The molecule has 3 heterocycles. The van der Waals surface area contributed by atoms with E-state index in [1.165, 1.54) is 4.90 Å². The quantitative estimate of drug-likeness (QED) is 0.504. The highest BCUT2D eigenvalue weighted by atomic mass is 16.5. The number of fused-ring (bicyclic) bond motifs is 1. The molecule has 1 saturated heterocycles. The first-order valence-electron chi connectivity index (χ1n) is 10.7. The summed E-state index contributed by atoms with van der Waals surface area (Å²) in [6.45, 7) is 2.63. The molecule has 0 unspecified atom stereocenters. The number of nitrogens with zero attached hydrogens (tertiary/aromatic N) is 5. The van der Waals surface area contributed by atoms with Crippen LogP contribution in [0.15, 0.2) is 54.7 Å². The Morgan fingerprint density at radius 3 is 2.58 bits per heavy atom. The molecule has 0 bridgehead atoms. The average Bonchev–Trinajstić information content (AvgIpc) is 3.32. The van der Waals surface area contributed by atoms with Gasteiger partial charge in [-0.15, -0.1) is 0 Å². The molecule has 5 rings (SSSR count). The second-order valence-corrected chi connectivity index (χ2v) is 7.95. The molecule has 4 aromatic rings. The molecule has 9 nitrogen and oxygen atoms in total. The first-order valence-corrected chi connectivity index (χ1v) is 10.7. The molecule has 1 amide bonds. The number of ether oxygens (including phenoxy) is 2. The van der Waals surface area contributed by atoms with Crippen molar-refractivity contribution in [2.24, 2.45) is 0 Å². The Labute approximate surface area is 191 Å². The van der Waals surface area contributed by atoms with Gasteiger partial charge in [0.15, 0.2) is 5.82 Å². The van der Waals surface area contributed by atoms with Crippen molar-refractivity contribution >= 4 is 22.8 Å². The number of aromatic amines is 1. The number of anilines is 1. The van der Waals surface area contributed by atoms with Crippen molar-refractivity contribution in [2.75, 3.05) is 45.3 Å². The Bertz CT molecular complexity index is 1280. The van der Waals surface area contributed by atoms with Crippen molar-refractivity contribution in [1.29, 1.82) is 0 Å². The van der Waals surface area contributed by atoms with Crippen LogP contribution in [0, 0.1) is 0 Å². The van der Waals surface area contributed by atoms with Crippen LogP contribution in [0.5, 0.6) is 11.8 Å². The smallest absolute Gasteiger partial charge is 0.327 e. The fourth-order valence-electron chi connectivity index (χ4n) is 3.65. The van der Waals surface area contributed by atoms with Crippen molar-refractivity contribution in [1.82, 2.24) is 24.8 Å². The predicted molar refractivity (Wildman–Crippen MR) is 125 cm³/mol. The number of amides is 1. The lowest BCUT2D eigenvalue weighted by Crippen LogP contribution is -2.37. The van der Waals surface area contributed by atoms with Crippen LogP contribution in [0.3, 0.4) is 0 Å². The number of hydrogen-bond donors (Lipinski definition) is 1. The minimum Gasteiger partial charge on any atom is -0.424 e. The molecule has 0 radical (unpaired) electrons. The van der Waals surface area contributed by atoms with E-state index in [1.54, 1.807) is 38.4 Å². The zero-order chi connectivity index (χ0) is 22.8. The van der Waals surface area contributed by atoms with Gasteiger partial charge < -0.3 is 24.3 Å². The zero-order valence-electron chi connectivity index (χ0n) is 18.5.